The van der Waals surface area contributed by atoms with Gasteiger partial charge in [-0.3, -0.25) is 19.3 Å². The number of carbonyl (C=O) groups excluding carboxylic acids is 2. The number of unbranched alkanes of at least 4 members (excludes halogenated alkanes) is 1. The maximum absolute atomic E-state index is 13.3. The normalized spacial score (nSPS) is 18.8. The molecular formula is C43H48N4O8. The van der Waals surface area contributed by atoms with Gasteiger partial charge in [0.15, 0.2) is 5.76 Å². The molecule has 12 heteroatoms. The molecule has 55 heavy (non-hydrogen) atoms. The Morgan fingerprint density at radius 1 is 0.927 bits per heavy atom. The van der Waals surface area contributed by atoms with Gasteiger partial charge in [-0.25, -0.2) is 0 Å². The Balaban J connectivity index is 0.849. The van der Waals surface area contributed by atoms with Gasteiger partial charge in [-0.05, 0) is 104 Å². The zero-order chi connectivity index (χ0) is 38.1. The Morgan fingerprint density at radius 3 is 2.53 bits per heavy atom. The van der Waals surface area contributed by atoms with Crippen molar-refractivity contribution in [2.24, 2.45) is 5.92 Å². The van der Waals surface area contributed by atoms with E-state index in [9.17, 15) is 24.6 Å². The van der Waals surface area contributed by atoms with Crippen LogP contribution in [0.4, 0.5) is 0 Å². The number of H-pyrrole nitrogens is 1. The number of amides is 1. The van der Waals surface area contributed by atoms with Crippen molar-refractivity contribution in [3.8, 4) is 11.5 Å². The molecule has 5 aromatic rings. The Bertz CT molecular complexity index is 2120. The minimum Gasteiger partial charge on any atom is -0.506 e. The average molecular weight is 749 g/mol. The lowest BCUT2D eigenvalue weighted by Gasteiger charge is -2.44. The quantitative estimate of drug-likeness (QED) is 0.0614. The molecule has 1 amide bonds. The summed E-state index contributed by atoms with van der Waals surface area (Å²) in [5, 5.41) is 27.5. The van der Waals surface area contributed by atoms with Crippen molar-refractivity contribution in [3.05, 3.63) is 130 Å². The molecule has 8 rings (SSSR count). The highest BCUT2D eigenvalue weighted by Crippen LogP contribution is 2.34. The largest absolute Gasteiger partial charge is 0.506 e. The maximum Gasteiger partial charge on any atom is 0.307 e. The topological polar surface area (TPSA) is 166 Å². The monoisotopic (exact) mass is 748 g/mol. The van der Waals surface area contributed by atoms with Crippen molar-refractivity contribution in [3.63, 3.8) is 0 Å². The van der Waals surface area contributed by atoms with Crippen LogP contribution >= 0.6 is 0 Å². The van der Waals surface area contributed by atoms with Crippen molar-refractivity contribution in [2.45, 2.75) is 56.8 Å². The predicted octanol–water partition coefficient (Wildman–Crippen LogP) is 5.40. The van der Waals surface area contributed by atoms with Gasteiger partial charge in [0.05, 0.1) is 18.0 Å². The molecule has 288 valence electrons. The van der Waals surface area contributed by atoms with Crippen LogP contribution in [0.25, 0.3) is 10.9 Å². The molecule has 3 aliphatic rings. The van der Waals surface area contributed by atoms with E-state index in [0.29, 0.717) is 53.4 Å². The van der Waals surface area contributed by atoms with Gasteiger partial charge in [0.2, 0.25) is 5.56 Å². The number of pyridine rings is 1. The third kappa shape index (κ3) is 9.63. The number of hydrogen-bond acceptors (Lipinski definition) is 10. The summed E-state index contributed by atoms with van der Waals surface area (Å²) in [4.78, 5) is 42.7. The highest BCUT2D eigenvalue weighted by Gasteiger charge is 2.37. The van der Waals surface area contributed by atoms with E-state index < -0.39 is 6.10 Å². The zero-order valence-corrected chi connectivity index (χ0v) is 30.7. The number of fused-ring (bicyclic) bond motifs is 4. The Morgan fingerprint density at radius 2 is 1.73 bits per heavy atom. The van der Waals surface area contributed by atoms with Gasteiger partial charge < -0.3 is 39.7 Å². The van der Waals surface area contributed by atoms with Crippen molar-refractivity contribution < 1.29 is 33.7 Å². The summed E-state index contributed by atoms with van der Waals surface area (Å²) in [5.74, 6) is 1.03. The number of piperidine rings is 3. The summed E-state index contributed by atoms with van der Waals surface area (Å²) in [6, 6.07) is 27.1. The molecule has 0 aliphatic carbocycles. The van der Waals surface area contributed by atoms with E-state index in [2.05, 4.69) is 20.5 Å². The zero-order valence-electron chi connectivity index (χ0n) is 30.7. The van der Waals surface area contributed by atoms with Crippen LogP contribution in [0.2, 0.25) is 0 Å². The minimum absolute atomic E-state index is 0.0349. The standard InChI is InChI=1S/C43H48N4O8/c48-36-14-12-33(34-13-16-40(50)46-42(34)36)37(49)25-44-19-4-5-20-45-43(52)38-15-11-32(54-38)27-53-31-10-6-9-30(23-31)35(28-7-2-1-3-8-28)24-41(51)55-39-26-47-21-17-29(39)18-22-47/h1-3,6-16,23,29,35,37,39,44,48-49H,4-5,17-22,24-27H2,(H,45,52)(H,46,50)/t35-,37-,39-/m0/s1. The summed E-state index contributed by atoms with van der Waals surface area (Å²) in [6.45, 7) is 4.50. The summed E-state index contributed by atoms with van der Waals surface area (Å²) < 4.78 is 17.9. The van der Waals surface area contributed by atoms with Gasteiger partial charge in [-0.2, -0.15) is 0 Å². The molecular weight excluding hydrogens is 700 g/mol. The van der Waals surface area contributed by atoms with Crippen LogP contribution in [0.15, 0.2) is 100 Å². The van der Waals surface area contributed by atoms with Gasteiger partial charge in [0, 0.05) is 37.0 Å². The number of aromatic amines is 1. The number of esters is 1. The van der Waals surface area contributed by atoms with Crippen LogP contribution in [-0.4, -0.2) is 77.3 Å². The first-order valence-electron chi connectivity index (χ1n) is 19.1. The molecule has 0 unspecified atom stereocenters. The predicted molar refractivity (Wildman–Crippen MR) is 207 cm³/mol. The Labute approximate surface area is 319 Å². The molecule has 3 atom stereocenters. The van der Waals surface area contributed by atoms with Crippen molar-refractivity contribution in [2.75, 3.05) is 39.3 Å². The number of benzene rings is 3. The first-order valence-corrected chi connectivity index (χ1v) is 19.1. The maximum atomic E-state index is 13.3. The van der Waals surface area contributed by atoms with E-state index in [4.69, 9.17) is 13.9 Å². The van der Waals surface area contributed by atoms with Gasteiger partial charge >= 0.3 is 5.97 Å². The third-order valence-corrected chi connectivity index (χ3v) is 10.6. The molecule has 3 saturated heterocycles. The van der Waals surface area contributed by atoms with E-state index in [1.807, 2.05) is 54.6 Å². The van der Waals surface area contributed by atoms with E-state index in [1.165, 1.54) is 12.1 Å². The lowest BCUT2D eigenvalue weighted by molar-refractivity contribution is -0.159. The molecule has 0 saturated carbocycles. The van der Waals surface area contributed by atoms with Crippen LogP contribution < -0.4 is 20.9 Å². The van der Waals surface area contributed by atoms with Crippen molar-refractivity contribution in [1.82, 2.24) is 20.5 Å². The van der Waals surface area contributed by atoms with Gasteiger partial charge in [-0.1, -0.05) is 48.5 Å². The lowest BCUT2D eigenvalue weighted by Crippen LogP contribution is -2.52. The number of aliphatic hydroxyl groups excluding tert-OH is 1. The van der Waals surface area contributed by atoms with Crippen molar-refractivity contribution in [1.29, 1.82) is 0 Å². The number of aliphatic hydroxyl groups is 1. The van der Waals surface area contributed by atoms with Gasteiger partial charge in [-0.15, -0.1) is 0 Å². The SMILES string of the molecule is O=C(C[C@@H](c1ccccc1)c1cccc(OCc2ccc(C(=O)NCCCCNC[C@H](O)c3ccc(O)c4[nH]c(=O)ccc34)o2)c1)O[C@H]1CN2CCC1CC2. The van der Waals surface area contributed by atoms with Gasteiger partial charge in [0.1, 0.15) is 30.0 Å². The molecule has 0 radical (unpaired) electrons. The molecule has 2 bridgehead atoms. The van der Waals surface area contributed by atoms with Crippen molar-refractivity contribution >= 4 is 22.8 Å². The second-order valence-corrected chi connectivity index (χ2v) is 14.4. The summed E-state index contributed by atoms with van der Waals surface area (Å²) in [7, 11) is 0. The molecule has 2 aromatic heterocycles. The number of carbonyl (C=O) groups is 2. The summed E-state index contributed by atoms with van der Waals surface area (Å²) in [6.07, 6.45) is 3.01. The van der Waals surface area contributed by atoms with E-state index in [-0.39, 0.29) is 60.5 Å². The lowest BCUT2D eigenvalue weighted by atomic mass is 9.85. The number of nitrogens with zero attached hydrogens (tertiary/aromatic N) is 1. The smallest absolute Gasteiger partial charge is 0.307 e. The number of phenols is 1. The number of hydrogen-bond donors (Lipinski definition) is 5. The molecule has 3 aromatic carbocycles. The first-order chi connectivity index (χ1) is 26.8. The van der Waals surface area contributed by atoms with Crippen LogP contribution in [0.5, 0.6) is 11.5 Å². The fraction of sp³-hybridized carbons (Fsp3) is 0.372. The molecule has 5 N–H and O–H groups in total. The minimum atomic E-state index is -0.837. The molecule has 3 fully saturated rings. The Hall–Kier alpha value is -5.43. The van der Waals surface area contributed by atoms with Crippen LogP contribution in [-0.2, 0) is 16.1 Å². The van der Waals surface area contributed by atoms with E-state index in [0.717, 1.165) is 50.0 Å². The molecule has 3 aliphatic heterocycles. The van der Waals surface area contributed by atoms with Crippen LogP contribution in [0.3, 0.4) is 0 Å². The molecule has 5 heterocycles. The Kier molecular flexibility index (Phi) is 12.3. The first kappa shape index (κ1) is 37.9. The van der Waals surface area contributed by atoms with Crippen LogP contribution in [0.1, 0.15) is 77.1 Å². The van der Waals surface area contributed by atoms with Crippen LogP contribution in [0, 0.1) is 5.92 Å². The van der Waals surface area contributed by atoms with E-state index in [1.54, 1.807) is 24.3 Å². The number of aromatic nitrogens is 1. The van der Waals surface area contributed by atoms with Gasteiger partial charge in [0.25, 0.3) is 5.91 Å². The number of ether oxygens (including phenoxy) is 2. The molecule has 12 nitrogen and oxygen atoms in total. The number of rotatable bonds is 17. The number of nitrogens with one attached hydrogen (secondary N) is 3. The summed E-state index contributed by atoms with van der Waals surface area (Å²) >= 11 is 0. The highest BCUT2D eigenvalue weighted by molar-refractivity contribution is 5.91. The fourth-order valence-corrected chi connectivity index (χ4v) is 7.66. The fourth-order valence-electron chi connectivity index (χ4n) is 7.66. The summed E-state index contributed by atoms with van der Waals surface area (Å²) in [5.41, 5.74) is 2.55. The average Bonchev–Trinajstić information content (AvgIpc) is 3.69. The third-order valence-electron chi connectivity index (χ3n) is 10.6. The highest BCUT2D eigenvalue weighted by atomic mass is 16.5. The molecule has 0 spiro atoms. The number of phenolic OH excluding ortho intramolecular Hbond substituents is 1. The van der Waals surface area contributed by atoms with E-state index >= 15 is 0 Å². The second kappa shape index (κ2) is 17.8. The number of furan rings is 1. The second-order valence-electron chi connectivity index (χ2n) is 14.4. The number of aromatic hydroxyl groups is 1.